The summed E-state index contributed by atoms with van der Waals surface area (Å²) in [5.41, 5.74) is 2.78. The zero-order valence-electron chi connectivity index (χ0n) is 17.9. The average molecular weight is 451 g/mol. The molecule has 0 saturated heterocycles. The minimum atomic E-state index is -0.639. The predicted molar refractivity (Wildman–Crippen MR) is 118 cm³/mol. The number of aromatic nitrogens is 5. The van der Waals surface area contributed by atoms with E-state index in [1.807, 2.05) is 10.9 Å². The van der Waals surface area contributed by atoms with Crippen molar-refractivity contribution < 1.29 is 17.9 Å². The van der Waals surface area contributed by atoms with Gasteiger partial charge in [0.2, 0.25) is 5.89 Å². The number of aromatic amines is 1. The van der Waals surface area contributed by atoms with E-state index in [0.29, 0.717) is 29.4 Å². The van der Waals surface area contributed by atoms with Gasteiger partial charge < -0.3 is 14.1 Å². The number of ether oxygens (including phenoxy) is 1. The van der Waals surface area contributed by atoms with Crippen LogP contribution in [0.5, 0.6) is 0 Å². The normalized spacial score (nSPS) is 15.9. The number of benzene rings is 1. The van der Waals surface area contributed by atoms with Crippen LogP contribution in [0.2, 0.25) is 0 Å². The van der Waals surface area contributed by atoms with Gasteiger partial charge in [-0.1, -0.05) is 29.0 Å². The highest BCUT2D eigenvalue weighted by Gasteiger charge is 2.15. The molecule has 1 aliphatic rings. The quantitative estimate of drug-likeness (QED) is 0.348. The van der Waals surface area contributed by atoms with Crippen molar-refractivity contribution in [3.05, 3.63) is 78.0 Å². The summed E-state index contributed by atoms with van der Waals surface area (Å²) in [4.78, 5) is 7.35. The summed E-state index contributed by atoms with van der Waals surface area (Å²) in [7, 11) is 0. The van der Waals surface area contributed by atoms with Crippen LogP contribution in [-0.2, 0) is 17.9 Å². The number of aryl methyl sites for hydroxylation is 1. The number of hydrogen-bond donors (Lipinski definition) is 1. The molecule has 1 aromatic carbocycles. The molecule has 9 heteroatoms. The van der Waals surface area contributed by atoms with Crippen molar-refractivity contribution in [3.8, 4) is 11.6 Å². The minimum Gasteiger partial charge on any atom is -0.443 e. The third-order valence-electron chi connectivity index (χ3n) is 5.59. The zero-order chi connectivity index (χ0) is 22.6. The van der Waals surface area contributed by atoms with Gasteiger partial charge in [-0.3, -0.25) is 4.68 Å². The van der Waals surface area contributed by atoms with E-state index in [-0.39, 0.29) is 11.5 Å². The Morgan fingerprint density at radius 3 is 2.97 bits per heavy atom. The number of oxazole rings is 1. The molecule has 170 valence electrons. The number of halogens is 2. The van der Waals surface area contributed by atoms with E-state index in [1.54, 1.807) is 12.3 Å². The number of fused-ring (bicyclic) bond motifs is 1. The molecule has 0 unspecified atom stereocenters. The third-order valence-corrected chi connectivity index (χ3v) is 5.59. The summed E-state index contributed by atoms with van der Waals surface area (Å²) in [6, 6.07) is 3.65. The molecule has 0 fully saturated rings. The largest absolute Gasteiger partial charge is 0.443 e. The molecule has 0 saturated carbocycles. The zero-order valence-corrected chi connectivity index (χ0v) is 17.9. The van der Waals surface area contributed by atoms with Crippen LogP contribution in [0.3, 0.4) is 0 Å². The first-order chi connectivity index (χ1) is 16.1. The number of hydrogen-bond acceptors (Lipinski definition) is 5. The summed E-state index contributed by atoms with van der Waals surface area (Å²) in [5, 5.41) is 8.07. The first kappa shape index (κ1) is 21.3. The second-order valence-corrected chi connectivity index (χ2v) is 8.02. The maximum Gasteiger partial charge on any atom is 0.243 e. The maximum atomic E-state index is 13.9. The van der Waals surface area contributed by atoms with E-state index >= 15 is 0 Å². The summed E-state index contributed by atoms with van der Waals surface area (Å²) >= 11 is 0. The molecular weight excluding hydrogens is 428 g/mol. The van der Waals surface area contributed by atoms with Crippen molar-refractivity contribution in [1.29, 1.82) is 0 Å². The van der Waals surface area contributed by atoms with Crippen LogP contribution in [0.4, 0.5) is 8.78 Å². The van der Waals surface area contributed by atoms with Crippen molar-refractivity contribution in [2.45, 2.75) is 44.9 Å². The second kappa shape index (κ2) is 9.50. The van der Waals surface area contributed by atoms with Crippen LogP contribution in [0, 0.1) is 11.6 Å². The first-order valence-electron chi connectivity index (χ1n) is 10.9. The highest BCUT2D eigenvalue weighted by Crippen LogP contribution is 2.27. The van der Waals surface area contributed by atoms with Gasteiger partial charge in [0.25, 0.3) is 0 Å². The monoisotopic (exact) mass is 451 g/mol. The van der Waals surface area contributed by atoms with Gasteiger partial charge in [0, 0.05) is 24.2 Å². The van der Waals surface area contributed by atoms with Crippen LogP contribution in [0.25, 0.3) is 22.5 Å². The Bertz CT molecular complexity index is 1290. The van der Waals surface area contributed by atoms with Gasteiger partial charge in [0.05, 0.1) is 24.4 Å². The van der Waals surface area contributed by atoms with Crippen LogP contribution >= 0.6 is 0 Å². The summed E-state index contributed by atoms with van der Waals surface area (Å²) in [5.74, 6) is -0.967. The number of allylic oxidation sites excluding steroid dienone is 2. The molecule has 33 heavy (non-hydrogen) atoms. The standard InChI is InChI=1S/C24H23F2N5O2/c25-17-11-21(26)20-13-23(29-22(20)12-17)24-28-18(15-33-24)14-32-19-6-4-16(5-7-19)3-1-2-9-31-10-8-27-30-31/h4-6,8,10-13,15,19,29H,1-3,7,9,14H2/t19-/m0/s1. The van der Waals surface area contributed by atoms with Crippen molar-refractivity contribution in [3.63, 3.8) is 0 Å². The van der Waals surface area contributed by atoms with Gasteiger partial charge >= 0.3 is 0 Å². The molecule has 1 atom stereocenters. The number of unbranched alkanes of at least 4 members (excludes halogenated alkanes) is 1. The maximum absolute atomic E-state index is 13.9. The SMILES string of the molecule is Fc1cc(F)c2cc(-c3nc(CO[C@H]4C=CC(CCCCn5ccnn5)=CC4)co3)[nH]c2c1. The Kier molecular flexibility index (Phi) is 6.12. The van der Waals surface area contributed by atoms with Gasteiger partial charge in [-0.25, -0.2) is 13.8 Å². The highest BCUT2D eigenvalue weighted by molar-refractivity contribution is 5.85. The van der Waals surface area contributed by atoms with Crippen LogP contribution in [0.1, 0.15) is 31.4 Å². The van der Waals surface area contributed by atoms with Crippen molar-refractivity contribution >= 4 is 10.9 Å². The Labute approximate surface area is 188 Å². The van der Waals surface area contributed by atoms with Crippen molar-refractivity contribution in [2.24, 2.45) is 0 Å². The summed E-state index contributed by atoms with van der Waals surface area (Å²) in [6.07, 6.45) is 15.5. The van der Waals surface area contributed by atoms with Gasteiger partial charge in [0.1, 0.15) is 29.3 Å². The Balaban J connectivity index is 1.10. The highest BCUT2D eigenvalue weighted by atomic mass is 19.1. The van der Waals surface area contributed by atoms with Gasteiger partial charge in [-0.2, -0.15) is 0 Å². The van der Waals surface area contributed by atoms with Crippen molar-refractivity contribution in [2.75, 3.05) is 0 Å². The van der Waals surface area contributed by atoms with E-state index in [1.165, 1.54) is 17.9 Å². The van der Waals surface area contributed by atoms with Crippen molar-refractivity contribution in [1.82, 2.24) is 25.0 Å². The molecule has 5 rings (SSSR count). The Hall–Kier alpha value is -3.59. The third kappa shape index (κ3) is 5.09. The number of H-pyrrole nitrogens is 1. The van der Waals surface area contributed by atoms with E-state index in [4.69, 9.17) is 9.15 Å². The lowest BCUT2D eigenvalue weighted by atomic mass is 10.0. The lowest BCUT2D eigenvalue weighted by molar-refractivity contribution is 0.0708. The molecular formula is C24H23F2N5O2. The van der Waals surface area contributed by atoms with E-state index in [9.17, 15) is 8.78 Å². The minimum absolute atomic E-state index is 0.0193. The fourth-order valence-corrected chi connectivity index (χ4v) is 3.87. The molecule has 4 aromatic rings. The smallest absolute Gasteiger partial charge is 0.243 e. The van der Waals surface area contributed by atoms with Crippen LogP contribution in [0.15, 0.2) is 65.1 Å². The molecule has 1 N–H and O–H groups in total. The number of rotatable bonds is 9. The van der Waals surface area contributed by atoms with E-state index < -0.39 is 11.6 Å². The molecule has 7 nitrogen and oxygen atoms in total. The fraction of sp³-hybridized carbons (Fsp3) is 0.292. The van der Waals surface area contributed by atoms with Gasteiger partial charge in [-0.15, -0.1) is 5.10 Å². The molecule has 0 aliphatic heterocycles. The fourth-order valence-electron chi connectivity index (χ4n) is 3.87. The lowest BCUT2D eigenvalue weighted by Gasteiger charge is -2.16. The lowest BCUT2D eigenvalue weighted by Crippen LogP contribution is -2.11. The summed E-state index contributed by atoms with van der Waals surface area (Å²) in [6.45, 7) is 1.18. The van der Waals surface area contributed by atoms with E-state index in [2.05, 4.69) is 38.5 Å². The molecule has 0 amide bonds. The predicted octanol–water partition coefficient (Wildman–Crippen LogP) is 5.33. The van der Waals surface area contributed by atoms with E-state index in [0.717, 1.165) is 38.3 Å². The van der Waals surface area contributed by atoms with Gasteiger partial charge in [0.15, 0.2) is 0 Å². The van der Waals surface area contributed by atoms with Gasteiger partial charge in [-0.05, 0) is 37.8 Å². The molecule has 0 spiro atoms. The molecule has 0 bridgehead atoms. The molecule has 1 aliphatic carbocycles. The number of nitrogens with zero attached hydrogens (tertiary/aromatic N) is 4. The molecule has 3 heterocycles. The second-order valence-electron chi connectivity index (χ2n) is 8.02. The summed E-state index contributed by atoms with van der Waals surface area (Å²) < 4.78 is 40.6. The topological polar surface area (TPSA) is 81.8 Å². The van der Waals surface area contributed by atoms with Crippen LogP contribution < -0.4 is 0 Å². The average Bonchev–Trinajstić information content (AvgIpc) is 3.56. The Morgan fingerprint density at radius 1 is 1.21 bits per heavy atom. The Morgan fingerprint density at radius 2 is 2.15 bits per heavy atom. The molecule has 0 radical (unpaired) electrons. The first-order valence-corrected chi connectivity index (χ1v) is 10.9. The molecule has 3 aromatic heterocycles. The number of nitrogens with one attached hydrogen (secondary N) is 1. The van der Waals surface area contributed by atoms with Crippen LogP contribution in [-0.4, -0.2) is 31.1 Å².